The van der Waals surface area contributed by atoms with Crippen LogP contribution in [0.15, 0.2) is 18.2 Å². The minimum atomic E-state index is 0.352. The van der Waals surface area contributed by atoms with Crippen molar-refractivity contribution >= 4 is 17.3 Å². The maximum Gasteiger partial charge on any atom is 0.230 e. The number of nitrogen functional groups attached to an aromatic ring is 1. The number of nitrogens with zero attached hydrogens (tertiary/aromatic N) is 1. The monoisotopic (exact) mass is 268 g/mol. The Kier molecular flexibility index (Phi) is 2.00. The minimum absolute atomic E-state index is 0.352. The van der Waals surface area contributed by atoms with Crippen molar-refractivity contribution in [2.24, 2.45) is 29.6 Å². The first-order valence-corrected chi connectivity index (χ1v) is 7.94. The standard InChI is InChI=1S/C17H20N2O/c18-12-3-4-13-9(8-12)5-6-19(13)17(20)16-14-10-1-2-11(7-10)15(14)16/h3-4,8,10-11,14-16H,1-2,5-7,18H2. The zero-order chi connectivity index (χ0) is 13.4. The summed E-state index contributed by atoms with van der Waals surface area (Å²) in [5.74, 6) is 3.96. The third-order valence-electron chi connectivity index (χ3n) is 6.29. The maximum atomic E-state index is 12.9. The SMILES string of the molecule is Nc1ccc2c(c1)CCN2C(=O)C1C2C3CCC(C3)C12. The van der Waals surface area contributed by atoms with Gasteiger partial charge in [-0.1, -0.05) is 0 Å². The van der Waals surface area contributed by atoms with Crippen molar-refractivity contribution in [2.75, 3.05) is 17.2 Å². The van der Waals surface area contributed by atoms with Gasteiger partial charge in [0.25, 0.3) is 0 Å². The van der Waals surface area contributed by atoms with Gasteiger partial charge in [0.2, 0.25) is 5.91 Å². The van der Waals surface area contributed by atoms with E-state index in [2.05, 4.69) is 0 Å². The van der Waals surface area contributed by atoms with E-state index in [9.17, 15) is 4.79 Å². The van der Waals surface area contributed by atoms with Gasteiger partial charge in [-0.25, -0.2) is 0 Å². The second-order valence-electron chi connectivity index (χ2n) is 7.14. The number of nitrogens with two attached hydrogens (primary N) is 1. The van der Waals surface area contributed by atoms with Crippen LogP contribution >= 0.6 is 0 Å². The van der Waals surface area contributed by atoms with Crippen molar-refractivity contribution < 1.29 is 4.79 Å². The lowest BCUT2D eigenvalue weighted by Crippen LogP contribution is -2.32. The van der Waals surface area contributed by atoms with Crippen LogP contribution < -0.4 is 10.6 Å². The normalized spacial score (nSPS) is 39.8. The van der Waals surface area contributed by atoms with Gasteiger partial charge in [-0.3, -0.25) is 4.79 Å². The van der Waals surface area contributed by atoms with Crippen LogP contribution in [0.4, 0.5) is 11.4 Å². The van der Waals surface area contributed by atoms with Gasteiger partial charge in [0.15, 0.2) is 0 Å². The number of benzene rings is 1. The van der Waals surface area contributed by atoms with E-state index in [4.69, 9.17) is 5.73 Å². The van der Waals surface area contributed by atoms with Crippen LogP contribution in [-0.4, -0.2) is 12.5 Å². The summed E-state index contributed by atoms with van der Waals surface area (Å²) in [6.07, 6.45) is 5.12. The quantitative estimate of drug-likeness (QED) is 0.795. The number of fused-ring (bicyclic) bond motifs is 6. The molecule has 3 saturated carbocycles. The fraction of sp³-hybridized carbons (Fsp3) is 0.588. The van der Waals surface area contributed by atoms with Gasteiger partial charge in [0, 0.05) is 23.8 Å². The fourth-order valence-corrected chi connectivity index (χ4v) is 5.49. The summed E-state index contributed by atoms with van der Waals surface area (Å²) in [5.41, 5.74) is 9.00. The molecule has 4 unspecified atom stereocenters. The molecule has 3 fully saturated rings. The summed E-state index contributed by atoms with van der Waals surface area (Å²) in [6.45, 7) is 0.850. The molecule has 1 aromatic carbocycles. The number of rotatable bonds is 1. The number of carbonyl (C=O) groups excluding carboxylic acids is 1. The van der Waals surface area contributed by atoms with Gasteiger partial charge in [-0.2, -0.15) is 0 Å². The lowest BCUT2D eigenvalue weighted by molar-refractivity contribution is -0.120. The average Bonchev–Trinajstić information content (AvgIpc) is 2.80. The average molecular weight is 268 g/mol. The molecule has 1 amide bonds. The molecular weight excluding hydrogens is 248 g/mol. The molecule has 20 heavy (non-hydrogen) atoms. The van der Waals surface area contributed by atoms with Crippen LogP contribution in [0, 0.1) is 29.6 Å². The van der Waals surface area contributed by atoms with Crippen molar-refractivity contribution in [3.05, 3.63) is 23.8 Å². The molecule has 5 rings (SSSR count). The van der Waals surface area contributed by atoms with Crippen LogP contribution in [0.2, 0.25) is 0 Å². The first-order valence-electron chi connectivity index (χ1n) is 7.94. The first-order chi connectivity index (χ1) is 9.74. The van der Waals surface area contributed by atoms with E-state index in [-0.39, 0.29) is 0 Å². The van der Waals surface area contributed by atoms with Crippen molar-refractivity contribution in [2.45, 2.75) is 25.7 Å². The highest BCUT2D eigenvalue weighted by molar-refractivity contribution is 5.99. The summed E-state index contributed by atoms with van der Waals surface area (Å²) < 4.78 is 0. The van der Waals surface area contributed by atoms with Crippen LogP contribution in [0.5, 0.6) is 0 Å². The molecule has 0 aromatic heterocycles. The predicted molar refractivity (Wildman–Crippen MR) is 78.2 cm³/mol. The summed E-state index contributed by atoms with van der Waals surface area (Å²) >= 11 is 0. The molecule has 3 heteroatoms. The molecule has 1 heterocycles. The van der Waals surface area contributed by atoms with E-state index in [0.717, 1.165) is 48.0 Å². The highest BCUT2D eigenvalue weighted by Gasteiger charge is 2.68. The zero-order valence-corrected chi connectivity index (χ0v) is 11.6. The Balaban J connectivity index is 1.42. The van der Waals surface area contributed by atoms with Crippen LogP contribution in [0.3, 0.4) is 0 Å². The molecule has 0 spiro atoms. The van der Waals surface area contributed by atoms with E-state index in [0.29, 0.717) is 11.8 Å². The lowest BCUT2D eigenvalue weighted by atomic mass is 10.0. The van der Waals surface area contributed by atoms with Gasteiger partial charge in [0.1, 0.15) is 0 Å². The van der Waals surface area contributed by atoms with E-state index in [1.54, 1.807) is 0 Å². The number of hydrogen-bond donors (Lipinski definition) is 1. The number of amides is 1. The Labute approximate surface area is 119 Å². The van der Waals surface area contributed by atoms with E-state index < -0.39 is 0 Å². The van der Waals surface area contributed by atoms with Crippen molar-refractivity contribution in [3.8, 4) is 0 Å². The maximum absolute atomic E-state index is 12.9. The third-order valence-corrected chi connectivity index (χ3v) is 6.29. The largest absolute Gasteiger partial charge is 0.399 e. The highest BCUT2D eigenvalue weighted by Crippen LogP contribution is 2.69. The summed E-state index contributed by atoms with van der Waals surface area (Å²) in [4.78, 5) is 14.9. The fourth-order valence-electron chi connectivity index (χ4n) is 5.49. The van der Waals surface area contributed by atoms with Crippen molar-refractivity contribution in [1.82, 2.24) is 0 Å². The molecule has 2 bridgehead atoms. The number of anilines is 2. The van der Waals surface area contributed by atoms with Crippen LogP contribution in [0.1, 0.15) is 24.8 Å². The molecule has 4 atom stereocenters. The molecule has 1 aliphatic heterocycles. The molecule has 0 radical (unpaired) electrons. The van der Waals surface area contributed by atoms with Crippen LogP contribution in [-0.2, 0) is 11.2 Å². The molecular formula is C17H20N2O. The summed E-state index contributed by atoms with van der Waals surface area (Å²) in [5, 5.41) is 0. The van der Waals surface area contributed by atoms with E-state index in [1.807, 2.05) is 23.1 Å². The first kappa shape index (κ1) is 11.2. The molecule has 2 N–H and O–H groups in total. The van der Waals surface area contributed by atoms with Crippen molar-refractivity contribution in [3.63, 3.8) is 0 Å². The number of carbonyl (C=O) groups is 1. The molecule has 3 aliphatic carbocycles. The second-order valence-corrected chi connectivity index (χ2v) is 7.14. The zero-order valence-electron chi connectivity index (χ0n) is 11.6. The van der Waals surface area contributed by atoms with Gasteiger partial charge >= 0.3 is 0 Å². The van der Waals surface area contributed by atoms with Gasteiger partial charge in [0.05, 0.1) is 0 Å². The summed E-state index contributed by atoms with van der Waals surface area (Å²) in [7, 11) is 0. The highest BCUT2D eigenvalue weighted by atomic mass is 16.2. The Hall–Kier alpha value is -1.51. The predicted octanol–water partition coefficient (Wildman–Crippen LogP) is 2.45. The van der Waals surface area contributed by atoms with Gasteiger partial charge in [-0.15, -0.1) is 0 Å². The van der Waals surface area contributed by atoms with Gasteiger partial charge < -0.3 is 10.6 Å². The lowest BCUT2D eigenvalue weighted by Gasteiger charge is -2.19. The molecule has 0 saturated heterocycles. The molecule has 104 valence electrons. The Morgan fingerprint density at radius 1 is 1.20 bits per heavy atom. The Morgan fingerprint density at radius 3 is 2.70 bits per heavy atom. The smallest absolute Gasteiger partial charge is 0.230 e. The minimum Gasteiger partial charge on any atom is -0.399 e. The molecule has 3 nitrogen and oxygen atoms in total. The topological polar surface area (TPSA) is 46.3 Å². The van der Waals surface area contributed by atoms with E-state index >= 15 is 0 Å². The third kappa shape index (κ3) is 1.28. The Bertz CT molecular complexity index is 595. The Morgan fingerprint density at radius 2 is 1.95 bits per heavy atom. The van der Waals surface area contributed by atoms with E-state index in [1.165, 1.54) is 24.8 Å². The van der Waals surface area contributed by atoms with Crippen molar-refractivity contribution in [1.29, 1.82) is 0 Å². The molecule has 4 aliphatic rings. The number of hydrogen-bond acceptors (Lipinski definition) is 2. The molecule has 1 aromatic rings. The summed E-state index contributed by atoms with van der Waals surface area (Å²) in [6, 6.07) is 5.98. The van der Waals surface area contributed by atoms with Gasteiger partial charge in [-0.05, 0) is 73.1 Å². The van der Waals surface area contributed by atoms with Crippen LogP contribution in [0.25, 0.3) is 0 Å². The second kappa shape index (κ2) is 3.57.